The highest BCUT2D eigenvalue weighted by molar-refractivity contribution is 6.29. The lowest BCUT2D eigenvalue weighted by Gasteiger charge is -2.33. The molecule has 0 aliphatic heterocycles. The Morgan fingerprint density at radius 3 is 1.62 bits per heavy atom. The van der Waals surface area contributed by atoms with E-state index in [0.717, 1.165) is 0 Å². The zero-order chi connectivity index (χ0) is 10.6. The Kier molecular flexibility index (Phi) is 5.01. The molecule has 0 rings (SSSR count). The summed E-state index contributed by atoms with van der Waals surface area (Å²) in [7, 11) is 2.11. The van der Waals surface area contributed by atoms with Gasteiger partial charge in [-0.1, -0.05) is 27.7 Å². The van der Waals surface area contributed by atoms with E-state index in [1.165, 1.54) is 0 Å². The highest BCUT2D eigenvalue weighted by Gasteiger charge is 2.18. The molecule has 2 nitrogen and oxygen atoms in total. The topological polar surface area (TPSA) is 15.3 Å². The maximum atomic E-state index is 3.39. The van der Waals surface area contributed by atoms with Gasteiger partial charge in [-0.2, -0.15) is 0 Å². The maximum Gasteiger partial charge on any atom is 0.311 e. The zero-order valence-corrected chi connectivity index (χ0v) is 10.2. The number of nitrogens with one attached hydrogen (secondary N) is 1. The lowest BCUT2D eigenvalue weighted by molar-refractivity contribution is 0.301. The first kappa shape index (κ1) is 13.0. The first-order valence-corrected chi connectivity index (χ1v) is 5.12. The smallest absolute Gasteiger partial charge is 0.311 e. The van der Waals surface area contributed by atoms with Gasteiger partial charge in [-0.25, -0.2) is 0 Å². The minimum atomic E-state index is 0.155. The van der Waals surface area contributed by atoms with E-state index in [0.29, 0.717) is 12.1 Å². The second-order valence-corrected chi connectivity index (χ2v) is 5.16. The molecule has 0 spiro atoms. The van der Waals surface area contributed by atoms with Crippen molar-refractivity contribution in [1.82, 2.24) is 10.0 Å². The predicted molar refractivity (Wildman–Crippen MR) is 60.8 cm³/mol. The van der Waals surface area contributed by atoms with Gasteiger partial charge in [0.05, 0.1) is 0 Å². The first-order chi connectivity index (χ1) is 5.74. The van der Waals surface area contributed by atoms with Crippen molar-refractivity contribution < 1.29 is 0 Å². The molecule has 0 unspecified atom stereocenters. The fourth-order valence-electron chi connectivity index (χ4n) is 1.16. The molecule has 0 fully saturated rings. The Morgan fingerprint density at radius 2 is 1.38 bits per heavy atom. The van der Waals surface area contributed by atoms with E-state index in [-0.39, 0.29) is 5.54 Å². The third kappa shape index (κ3) is 6.11. The fourth-order valence-corrected chi connectivity index (χ4v) is 1.16. The van der Waals surface area contributed by atoms with Gasteiger partial charge in [-0.3, -0.25) is 0 Å². The Labute approximate surface area is 84.4 Å². The average molecular weight is 183 g/mol. The maximum absolute atomic E-state index is 3.39. The number of hydrogen-bond acceptors (Lipinski definition) is 2. The molecular weight excluding hydrogens is 159 g/mol. The SMILES string of the molecule is CC(C)N([B]NC(C)(C)C)C(C)C. The minimum Gasteiger partial charge on any atom is -0.341 e. The molecule has 0 aromatic rings. The third-order valence-electron chi connectivity index (χ3n) is 1.84. The fraction of sp³-hybridized carbons (Fsp3) is 1.00. The average Bonchev–Trinajstić information content (AvgIpc) is 1.82. The van der Waals surface area contributed by atoms with Crippen LogP contribution in [0.25, 0.3) is 0 Å². The number of nitrogens with zero attached hydrogens (tertiary/aromatic N) is 1. The van der Waals surface area contributed by atoms with Gasteiger partial charge in [-0.05, 0) is 32.9 Å². The Morgan fingerprint density at radius 1 is 1.00 bits per heavy atom. The predicted octanol–water partition coefficient (Wildman–Crippen LogP) is 2.03. The monoisotopic (exact) mass is 183 g/mol. The molecule has 0 heterocycles. The highest BCUT2D eigenvalue weighted by Crippen LogP contribution is 2.04. The van der Waals surface area contributed by atoms with Crippen molar-refractivity contribution >= 4 is 7.55 Å². The van der Waals surface area contributed by atoms with E-state index < -0.39 is 0 Å². The van der Waals surface area contributed by atoms with Crippen molar-refractivity contribution in [2.45, 2.75) is 66.1 Å². The van der Waals surface area contributed by atoms with Gasteiger partial charge in [-0.15, -0.1) is 0 Å². The molecule has 0 atom stereocenters. The first-order valence-electron chi connectivity index (χ1n) is 5.12. The summed E-state index contributed by atoms with van der Waals surface area (Å²) in [6.45, 7) is 15.3. The molecule has 13 heavy (non-hydrogen) atoms. The van der Waals surface area contributed by atoms with Gasteiger partial charge in [0, 0.05) is 5.54 Å². The summed E-state index contributed by atoms with van der Waals surface area (Å²) in [5.74, 6) is 0. The molecule has 1 radical (unpaired) electrons. The second kappa shape index (κ2) is 5.01. The van der Waals surface area contributed by atoms with Crippen LogP contribution in [0.4, 0.5) is 0 Å². The van der Waals surface area contributed by atoms with Crippen molar-refractivity contribution in [1.29, 1.82) is 0 Å². The largest absolute Gasteiger partial charge is 0.341 e. The van der Waals surface area contributed by atoms with Gasteiger partial charge >= 0.3 is 7.55 Å². The molecule has 0 aliphatic rings. The second-order valence-electron chi connectivity index (χ2n) is 5.16. The molecule has 0 amide bonds. The molecular formula is C10H24BN2. The van der Waals surface area contributed by atoms with Gasteiger partial charge in [0.25, 0.3) is 0 Å². The zero-order valence-electron chi connectivity index (χ0n) is 10.2. The van der Waals surface area contributed by atoms with Crippen molar-refractivity contribution in [3.63, 3.8) is 0 Å². The van der Waals surface area contributed by atoms with Crippen LogP contribution in [0.1, 0.15) is 48.5 Å². The van der Waals surface area contributed by atoms with Crippen LogP contribution in [0.15, 0.2) is 0 Å². The molecule has 0 aromatic heterocycles. The van der Waals surface area contributed by atoms with Crippen LogP contribution in [0.2, 0.25) is 0 Å². The molecule has 0 bridgehead atoms. The number of hydrogen-bond donors (Lipinski definition) is 1. The van der Waals surface area contributed by atoms with Crippen LogP contribution in [-0.4, -0.2) is 30.0 Å². The minimum absolute atomic E-state index is 0.155. The van der Waals surface area contributed by atoms with Crippen molar-refractivity contribution in [2.75, 3.05) is 0 Å². The molecule has 0 aliphatic carbocycles. The van der Waals surface area contributed by atoms with Gasteiger partial charge < -0.3 is 10.0 Å². The van der Waals surface area contributed by atoms with E-state index >= 15 is 0 Å². The lowest BCUT2D eigenvalue weighted by atomic mass is 9.95. The highest BCUT2D eigenvalue weighted by atomic mass is 15.2. The molecule has 0 saturated heterocycles. The van der Waals surface area contributed by atoms with Crippen LogP contribution in [0.3, 0.4) is 0 Å². The standard InChI is InChI=1S/C10H24BN2/c1-8(2)13(9(3)4)11-12-10(5,6)7/h8-9,12H,1-7H3. The van der Waals surface area contributed by atoms with Crippen LogP contribution >= 0.6 is 0 Å². The van der Waals surface area contributed by atoms with Gasteiger partial charge in [0.15, 0.2) is 0 Å². The van der Waals surface area contributed by atoms with Crippen molar-refractivity contribution in [3.8, 4) is 0 Å². The molecule has 0 aromatic carbocycles. The summed E-state index contributed by atoms with van der Waals surface area (Å²) in [5.41, 5.74) is 0.155. The third-order valence-corrected chi connectivity index (χ3v) is 1.84. The van der Waals surface area contributed by atoms with E-state index in [1.807, 2.05) is 0 Å². The Balaban J connectivity index is 3.98. The molecule has 77 valence electrons. The van der Waals surface area contributed by atoms with Crippen LogP contribution in [-0.2, 0) is 0 Å². The van der Waals surface area contributed by atoms with E-state index in [9.17, 15) is 0 Å². The summed E-state index contributed by atoms with van der Waals surface area (Å²) >= 11 is 0. The quantitative estimate of drug-likeness (QED) is 0.671. The van der Waals surface area contributed by atoms with Crippen molar-refractivity contribution in [2.24, 2.45) is 0 Å². The van der Waals surface area contributed by atoms with E-state index in [2.05, 4.69) is 66.1 Å². The lowest BCUT2D eigenvalue weighted by Crippen LogP contribution is -2.51. The van der Waals surface area contributed by atoms with Gasteiger partial charge in [0.1, 0.15) is 0 Å². The Hall–Kier alpha value is -0.0151. The summed E-state index contributed by atoms with van der Waals surface area (Å²) in [5, 5.41) is 3.39. The number of rotatable bonds is 4. The molecule has 1 N–H and O–H groups in total. The van der Waals surface area contributed by atoms with Crippen molar-refractivity contribution in [3.05, 3.63) is 0 Å². The molecule has 0 saturated carbocycles. The van der Waals surface area contributed by atoms with Crippen LogP contribution in [0.5, 0.6) is 0 Å². The van der Waals surface area contributed by atoms with Gasteiger partial charge in [0.2, 0.25) is 0 Å². The summed E-state index contributed by atoms with van der Waals surface area (Å²) in [6.07, 6.45) is 0. The van der Waals surface area contributed by atoms with E-state index in [1.54, 1.807) is 0 Å². The van der Waals surface area contributed by atoms with Crippen LogP contribution in [0, 0.1) is 0 Å². The Bertz CT molecular complexity index is 130. The summed E-state index contributed by atoms with van der Waals surface area (Å²) in [4.78, 5) is 2.32. The molecule has 3 heteroatoms. The normalized spacial score (nSPS) is 13.1. The summed E-state index contributed by atoms with van der Waals surface area (Å²) in [6, 6.07) is 1.10. The van der Waals surface area contributed by atoms with E-state index in [4.69, 9.17) is 0 Å². The van der Waals surface area contributed by atoms with Crippen LogP contribution < -0.4 is 5.23 Å². The summed E-state index contributed by atoms with van der Waals surface area (Å²) < 4.78 is 0.